The molecule has 0 aromatic carbocycles. The molecule has 2 nitrogen and oxygen atoms in total. The van der Waals surface area contributed by atoms with Crippen molar-refractivity contribution >= 4 is 33.2 Å². The number of halogens is 2. The van der Waals surface area contributed by atoms with E-state index in [2.05, 4.69) is 33.2 Å². The van der Waals surface area contributed by atoms with Crippen LogP contribution in [0, 0.1) is 5.92 Å². The molecule has 0 saturated heterocycles. The van der Waals surface area contributed by atoms with E-state index in [0.29, 0.717) is 11.1 Å². The lowest BCUT2D eigenvalue weighted by atomic mass is 9.82. The second-order valence-corrected chi connectivity index (χ2v) is 5.10. The number of hydrogen-bond donors (Lipinski definition) is 1. The second kappa shape index (κ2) is 4.07. The summed E-state index contributed by atoms with van der Waals surface area (Å²) in [5.41, 5.74) is 0.995. The minimum Gasteiger partial charge on any atom is -0.380 e. The quantitative estimate of drug-likeness (QED) is 0.832. The molecule has 0 radical (unpaired) electrons. The molecule has 0 spiro atoms. The molecule has 4 heteroatoms. The van der Waals surface area contributed by atoms with E-state index in [1.54, 1.807) is 6.20 Å². The Morgan fingerprint density at radius 1 is 1.57 bits per heavy atom. The van der Waals surface area contributed by atoms with Gasteiger partial charge >= 0.3 is 0 Å². The number of anilines is 1. The van der Waals surface area contributed by atoms with Crippen LogP contribution in [0.3, 0.4) is 0 Å². The van der Waals surface area contributed by atoms with Crippen LogP contribution in [0.15, 0.2) is 16.9 Å². The molecule has 1 aliphatic carbocycles. The third-order valence-corrected chi connectivity index (χ3v) is 3.38. The summed E-state index contributed by atoms with van der Waals surface area (Å²) in [4.78, 5) is 4.13. The van der Waals surface area contributed by atoms with E-state index in [1.165, 1.54) is 12.8 Å². The van der Waals surface area contributed by atoms with Gasteiger partial charge in [0.05, 0.1) is 10.7 Å². The predicted octanol–water partition coefficient (Wildman–Crippen LogP) is 3.71. The monoisotopic (exact) mass is 274 g/mol. The Kier molecular flexibility index (Phi) is 2.98. The summed E-state index contributed by atoms with van der Waals surface area (Å²) in [6.45, 7) is 2.27. The molecule has 1 aromatic rings. The van der Waals surface area contributed by atoms with E-state index in [1.807, 2.05) is 6.07 Å². The van der Waals surface area contributed by atoms with Gasteiger partial charge in [-0.15, -0.1) is 0 Å². The molecule has 0 atom stereocenters. The summed E-state index contributed by atoms with van der Waals surface area (Å²) in [6.07, 6.45) is 4.11. The summed E-state index contributed by atoms with van der Waals surface area (Å²) in [5.74, 6) is 0.846. The van der Waals surface area contributed by atoms with E-state index in [4.69, 9.17) is 11.6 Å². The highest BCUT2D eigenvalue weighted by Gasteiger charge is 2.25. The van der Waals surface area contributed by atoms with Crippen LogP contribution in [0.4, 0.5) is 5.69 Å². The van der Waals surface area contributed by atoms with Crippen molar-refractivity contribution in [3.05, 3.63) is 21.9 Å². The molecule has 1 aromatic heterocycles. The van der Waals surface area contributed by atoms with E-state index < -0.39 is 0 Å². The van der Waals surface area contributed by atoms with Gasteiger partial charge in [-0.3, -0.25) is 0 Å². The average Bonchev–Trinajstić information content (AvgIpc) is 2.09. The summed E-state index contributed by atoms with van der Waals surface area (Å²) in [5, 5.41) is 4.09. The van der Waals surface area contributed by atoms with Crippen molar-refractivity contribution in [2.75, 3.05) is 5.32 Å². The molecule has 1 heterocycles. The van der Waals surface area contributed by atoms with E-state index >= 15 is 0 Å². The highest BCUT2D eigenvalue weighted by Crippen LogP contribution is 2.32. The number of aromatic nitrogens is 1. The first-order valence-corrected chi connectivity index (χ1v) is 5.90. The lowest BCUT2D eigenvalue weighted by molar-refractivity contribution is 0.309. The zero-order chi connectivity index (χ0) is 10.1. The molecule has 76 valence electrons. The van der Waals surface area contributed by atoms with Crippen LogP contribution < -0.4 is 5.32 Å². The van der Waals surface area contributed by atoms with Crippen LogP contribution in [0.1, 0.15) is 19.8 Å². The van der Waals surface area contributed by atoms with Gasteiger partial charge in [0, 0.05) is 12.2 Å². The van der Waals surface area contributed by atoms with Crippen molar-refractivity contribution in [3.63, 3.8) is 0 Å². The highest BCUT2D eigenvalue weighted by atomic mass is 79.9. The number of hydrogen-bond acceptors (Lipinski definition) is 2. The maximum atomic E-state index is 5.87. The van der Waals surface area contributed by atoms with Crippen molar-refractivity contribution in [3.8, 4) is 0 Å². The third kappa shape index (κ3) is 2.20. The van der Waals surface area contributed by atoms with Gasteiger partial charge in [0.2, 0.25) is 0 Å². The van der Waals surface area contributed by atoms with Crippen LogP contribution >= 0.6 is 27.5 Å². The van der Waals surface area contributed by atoms with Gasteiger partial charge < -0.3 is 5.32 Å². The van der Waals surface area contributed by atoms with Crippen LogP contribution in [0.2, 0.25) is 5.02 Å². The van der Waals surface area contributed by atoms with Gasteiger partial charge in [-0.2, -0.15) is 0 Å². The smallest absolute Gasteiger partial charge is 0.129 e. The Labute approximate surface area is 97.2 Å². The SMILES string of the molecule is CC1CC(Nc2cc(Cl)cnc2Br)C1. The minimum atomic E-state index is 0.585. The van der Waals surface area contributed by atoms with Crippen LogP contribution in [-0.2, 0) is 0 Å². The molecule has 0 bridgehead atoms. The van der Waals surface area contributed by atoms with Crippen molar-refractivity contribution in [2.45, 2.75) is 25.8 Å². The van der Waals surface area contributed by atoms with Crippen LogP contribution in [0.5, 0.6) is 0 Å². The minimum absolute atomic E-state index is 0.585. The number of nitrogens with zero attached hydrogens (tertiary/aromatic N) is 1. The molecule has 1 fully saturated rings. The highest BCUT2D eigenvalue weighted by molar-refractivity contribution is 9.10. The molecule has 1 aliphatic rings. The summed E-state index contributed by atoms with van der Waals surface area (Å²) in [7, 11) is 0. The molecular weight excluding hydrogens is 263 g/mol. The first-order valence-electron chi connectivity index (χ1n) is 4.72. The van der Waals surface area contributed by atoms with Crippen molar-refractivity contribution in [1.82, 2.24) is 4.98 Å². The lowest BCUT2D eigenvalue weighted by Gasteiger charge is -2.34. The lowest BCUT2D eigenvalue weighted by Crippen LogP contribution is -2.33. The zero-order valence-corrected chi connectivity index (χ0v) is 10.3. The summed E-state index contributed by atoms with van der Waals surface area (Å²) < 4.78 is 0.835. The van der Waals surface area contributed by atoms with Crippen molar-refractivity contribution < 1.29 is 0 Å². The Bertz CT molecular complexity index is 337. The van der Waals surface area contributed by atoms with Gasteiger partial charge in [0.25, 0.3) is 0 Å². The number of rotatable bonds is 2. The Balaban J connectivity index is 2.05. The fourth-order valence-electron chi connectivity index (χ4n) is 1.76. The molecular formula is C10H12BrClN2. The van der Waals surface area contributed by atoms with Crippen molar-refractivity contribution in [2.24, 2.45) is 5.92 Å². The molecule has 1 saturated carbocycles. The standard InChI is InChI=1S/C10H12BrClN2/c1-6-2-8(3-6)14-9-4-7(12)5-13-10(9)11/h4-6,8,14H,2-3H2,1H3. The third-order valence-electron chi connectivity index (χ3n) is 2.54. The van der Waals surface area contributed by atoms with E-state index in [9.17, 15) is 0 Å². The van der Waals surface area contributed by atoms with Crippen LogP contribution in [-0.4, -0.2) is 11.0 Å². The van der Waals surface area contributed by atoms with Gasteiger partial charge in [0.15, 0.2) is 0 Å². The molecule has 0 aliphatic heterocycles. The fourth-order valence-corrected chi connectivity index (χ4v) is 2.25. The van der Waals surface area contributed by atoms with Gasteiger partial charge in [-0.05, 0) is 40.8 Å². The van der Waals surface area contributed by atoms with Crippen LogP contribution in [0.25, 0.3) is 0 Å². The maximum absolute atomic E-state index is 5.87. The zero-order valence-electron chi connectivity index (χ0n) is 7.93. The van der Waals surface area contributed by atoms with Gasteiger partial charge in [-0.1, -0.05) is 18.5 Å². The predicted molar refractivity (Wildman–Crippen MR) is 62.8 cm³/mol. The van der Waals surface area contributed by atoms with E-state index in [0.717, 1.165) is 16.2 Å². The molecule has 2 rings (SSSR count). The Morgan fingerprint density at radius 3 is 2.93 bits per heavy atom. The molecule has 0 unspecified atom stereocenters. The molecule has 14 heavy (non-hydrogen) atoms. The molecule has 1 N–H and O–H groups in total. The topological polar surface area (TPSA) is 24.9 Å². The summed E-state index contributed by atoms with van der Waals surface area (Å²) >= 11 is 9.26. The maximum Gasteiger partial charge on any atom is 0.129 e. The van der Waals surface area contributed by atoms with Gasteiger partial charge in [-0.25, -0.2) is 4.98 Å². The first kappa shape index (κ1) is 10.2. The average molecular weight is 276 g/mol. The largest absolute Gasteiger partial charge is 0.380 e. The second-order valence-electron chi connectivity index (χ2n) is 3.91. The van der Waals surface area contributed by atoms with Crippen molar-refractivity contribution in [1.29, 1.82) is 0 Å². The Hall–Kier alpha value is -0.280. The number of nitrogens with one attached hydrogen (secondary N) is 1. The first-order chi connectivity index (χ1) is 6.65. The van der Waals surface area contributed by atoms with Gasteiger partial charge in [0.1, 0.15) is 4.60 Å². The summed E-state index contributed by atoms with van der Waals surface area (Å²) in [6, 6.07) is 2.49. The Morgan fingerprint density at radius 2 is 2.29 bits per heavy atom. The normalized spacial score (nSPS) is 25.6. The van der Waals surface area contributed by atoms with E-state index in [-0.39, 0.29) is 0 Å². The fraction of sp³-hybridized carbons (Fsp3) is 0.500. The molecule has 0 amide bonds. The number of pyridine rings is 1.